The van der Waals surface area contributed by atoms with Gasteiger partial charge in [-0.2, -0.15) is 13.2 Å². The molecule has 0 amide bonds. The second-order valence-corrected chi connectivity index (χ2v) is 4.96. The lowest BCUT2D eigenvalue weighted by atomic mass is 9.62. The third kappa shape index (κ3) is 2.42. The number of rotatable bonds is 3. The molecule has 0 unspecified atom stereocenters. The molecule has 2 rings (SSSR count). The van der Waals surface area contributed by atoms with Crippen LogP contribution in [0, 0.1) is 0 Å². The van der Waals surface area contributed by atoms with E-state index in [0.29, 0.717) is 24.9 Å². The minimum absolute atomic E-state index is 0.209. The lowest BCUT2D eigenvalue weighted by molar-refractivity contribution is -0.138. The van der Waals surface area contributed by atoms with Crippen LogP contribution in [0.25, 0.3) is 0 Å². The summed E-state index contributed by atoms with van der Waals surface area (Å²) in [5, 5.41) is 9.42. The number of methoxy groups -OCH3 is 1. The Hall–Kier alpha value is -1.27. The number of aliphatic hydroxyl groups excluding tert-OH is 1. The Bertz CT molecular complexity index is 467. The van der Waals surface area contributed by atoms with Crippen LogP contribution in [-0.2, 0) is 11.6 Å². The Morgan fingerprint density at radius 3 is 2.47 bits per heavy atom. The van der Waals surface area contributed by atoms with Gasteiger partial charge in [-0.05, 0) is 30.5 Å². The molecule has 1 aliphatic rings. The van der Waals surface area contributed by atoms with Crippen molar-refractivity contribution in [2.24, 2.45) is 5.73 Å². The molecule has 1 fully saturated rings. The van der Waals surface area contributed by atoms with E-state index < -0.39 is 23.3 Å². The first-order valence-electron chi connectivity index (χ1n) is 5.96. The Balaban J connectivity index is 2.40. The maximum absolute atomic E-state index is 12.8. The molecule has 0 spiro atoms. The number of aliphatic hydroxyl groups is 1. The van der Waals surface area contributed by atoms with Gasteiger partial charge in [-0.1, -0.05) is 6.07 Å². The van der Waals surface area contributed by atoms with E-state index in [2.05, 4.69) is 0 Å². The van der Waals surface area contributed by atoms with Crippen LogP contribution in [0.2, 0.25) is 0 Å². The van der Waals surface area contributed by atoms with Crippen LogP contribution in [0.3, 0.4) is 0 Å². The summed E-state index contributed by atoms with van der Waals surface area (Å²) in [6, 6.07) is 3.81. The first kappa shape index (κ1) is 14.1. The topological polar surface area (TPSA) is 55.5 Å². The molecule has 0 heterocycles. The minimum atomic E-state index is -4.45. The van der Waals surface area contributed by atoms with Crippen molar-refractivity contribution in [1.29, 1.82) is 0 Å². The molecule has 3 nitrogen and oxygen atoms in total. The minimum Gasteiger partial charge on any atom is -0.496 e. The summed E-state index contributed by atoms with van der Waals surface area (Å²) in [4.78, 5) is 0. The van der Waals surface area contributed by atoms with Gasteiger partial charge in [-0.25, -0.2) is 0 Å². The third-order valence-corrected chi connectivity index (χ3v) is 3.76. The molecular weight excluding hydrogens is 259 g/mol. The molecule has 0 saturated heterocycles. The van der Waals surface area contributed by atoms with Crippen LogP contribution in [0.1, 0.15) is 24.0 Å². The lowest BCUT2D eigenvalue weighted by Gasteiger charge is -2.45. The average Bonchev–Trinajstić information content (AvgIpc) is 2.32. The standard InChI is InChI=1S/C13H16F3NO2/c1-19-11-4-8(2-3-10(11)13(14,15)16)12(7-17)5-9(18)6-12/h2-4,9,18H,5-7,17H2,1H3. The number of nitrogens with two attached hydrogens (primary N) is 1. The summed E-state index contributed by atoms with van der Waals surface area (Å²) in [6.45, 7) is 0.290. The molecule has 1 aromatic carbocycles. The van der Waals surface area contributed by atoms with E-state index in [1.165, 1.54) is 19.2 Å². The van der Waals surface area contributed by atoms with Crippen LogP contribution in [0.15, 0.2) is 18.2 Å². The van der Waals surface area contributed by atoms with Gasteiger partial charge in [0.15, 0.2) is 0 Å². The maximum Gasteiger partial charge on any atom is 0.419 e. The Morgan fingerprint density at radius 1 is 1.42 bits per heavy atom. The molecule has 1 aromatic rings. The fourth-order valence-corrected chi connectivity index (χ4v) is 2.62. The van der Waals surface area contributed by atoms with Crippen LogP contribution < -0.4 is 10.5 Å². The molecule has 3 N–H and O–H groups in total. The SMILES string of the molecule is COc1cc(C2(CN)CC(O)C2)ccc1C(F)(F)F. The Morgan fingerprint density at radius 2 is 2.05 bits per heavy atom. The number of ether oxygens (including phenoxy) is 1. The van der Waals surface area contributed by atoms with Gasteiger partial charge in [0.25, 0.3) is 0 Å². The van der Waals surface area contributed by atoms with Gasteiger partial charge in [0.05, 0.1) is 18.8 Å². The highest BCUT2D eigenvalue weighted by atomic mass is 19.4. The zero-order valence-corrected chi connectivity index (χ0v) is 10.5. The monoisotopic (exact) mass is 275 g/mol. The van der Waals surface area contributed by atoms with E-state index in [9.17, 15) is 18.3 Å². The van der Waals surface area contributed by atoms with Crippen LogP contribution >= 0.6 is 0 Å². The van der Waals surface area contributed by atoms with Crippen LogP contribution in [0.4, 0.5) is 13.2 Å². The van der Waals surface area contributed by atoms with E-state index in [-0.39, 0.29) is 5.75 Å². The molecule has 106 valence electrons. The van der Waals surface area contributed by atoms with Crippen molar-refractivity contribution in [2.45, 2.75) is 30.5 Å². The van der Waals surface area contributed by atoms with Crippen molar-refractivity contribution in [3.63, 3.8) is 0 Å². The average molecular weight is 275 g/mol. The molecule has 6 heteroatoms. The fraction of sp³-hybridized carbons (Fsp3) is 0.538. The van der Waals surface area contributed by atoms with Crippen molar-refractivity contribution in [3.8, 4) is 5.75 Å². The van der Waals surface area contributed by atoms with Gasteiger partial charge < -0.3 is 15.6 Å². The number of halogens is 3. The van der Waals surface area contributed by atoms with E-state index >= 15 is 0 Å². The molecule has 0 atom stereocenters. The van der Waals surface area contributed by atoms with E-state index in [1.54, 1.807) is 0 Å². The third-order valence-electron chi connectivity index (χ3n) is 3.76. The Labute approximate surface area is 109 Å². The van der Waals surface area contributed by atoms with Crippen LogP contribution in [0.5, 0.6) is 5.75 Å². The highest BCUT2D eigenvalue weighted by Gasteiger charge is 2.44. The van der Waals surface area contributed by atoms with E-state index in [0.717, 1.165) is 6.07 Å². The first-order valence-corrected chi connectivity index (χ1v) is 5.96. The molecule has 0 bridgehead atoms. The van der Waals surface area contributed by atoms with E-state index in [4.69, 9.17) is 10.5 Å². The summed E-state index contributed by atoms with van der Waals surface area (Å²) in [5.74, 6) is -0.209. The van der Waals surface area contributed by atoms with Gasteiger partial charge >= 0.3 is 6.18 Å². The summed E-state index contributed by atoms with van der Waals surface area (Å²) >= 11 is 0. The number of hydrogen-bond acceptors (Lipinski definition) is 3. The number of benzene rings is 1. The predicted molar refractivity (Wildman–Crippen MR) is 64.0 cm³/mol. The lowest BCUT2D eigenvalue weighted by Crippen LogP contribution is -2.49. The van der Waals surface area contributed by atoms with Gasteiger partial charge in [-0.3, -0.25) is 0 Å². The normalized spacial score (nSPS) is 26.9. The molecule has 0 aromatic heterocycles. The second kappa shape index (κ2) is 4.68. The van der Waals surface area contributed by atoms with Crippen molar-refractivity contribution in [3.05, 3.63) is 29.3 Å². The zero-order chi connectivity index (χ0) is 14.3. The summed E-state index contributed by atoms with van der Waals surface area (Å²) in [5.41, 5.74) is 5.16. The molecular formula is C13H16F3NO2. The quantitative estimate of drug-likeness (QED) is 0.888. The fourth-order valence-electron chi connectivity index (χ4n) is 2.62. The first-order chi connectivity index (χ1) is 8.82. The van der Waals surface area contributed by atoms with Gasteiger partial charge in [0, 0.05) is 12.0 Å². The highest BCUT2D eigenvalue weighted by molar-refractivity contribution is 5.43. The molecule has 1 aliphatic carbocycles. The number of alkyl halides is 3. The maximum atomic E-state index is 12.8. The summed E-state index contributed by atoms with van der Waals surface area (Å²) < 4.78 is 43.1. The zero-order valence-electron chi connectivity index (χ0n) is 10.5. The summed E-state index contributed by atoms with van der Waals surface area (Å²) in [7, 11) is 1.21. The van der Waals surface area contributed by atoms with Crippen LogP contribution in [-0.4, -0.2) is 24.9 Å². The largest absolute Gasteiger partial charge is 0.496 e. The van der Waals surface area contributed by atoms with Crippen molar-refractivity contribution >= 4 is 0 Å². The molecule has 0 aliphatic heterocycles. The van der Waals surface area contributed by atoms with Gasteiger partial charge in [-0.15, -0.1) is 0 Å². The van der Waals surface area contributed by atoms with Crippen molar-refractivity contribution < 1.29 is 23.0 Å². The number of hydrogen-bond donors (Lipinski definition) is 2. The predicted octanol–water partition coefficient (Wildman–Crippen LogP) is 2.07. The molecule has 1 saturated carbocycles. The second-order valence-electron chi connectivity index (χ2n) is 4.96. The van der Waals surface area contributed by atoms with E-state index in [1.807, 2.05) is 0 Å². The van der Waals surface area contributed by atoms with Gasteiger partial charge in [0.1, 0.15) is 5.75 Å². The Kier molecular flexibility index (Phi) is 3.49. The molecule has 19 heavy (non-hydrogen) atoms. The van der Waals surface area contributed by atoms with Gasteiger partial charge in [0.2, 0.25) is 0 Å². The highest BCUT2D eigenvalue weighted by Crippen LogP contribution is 2.46. The molecule has 0 radical (unpaired) electrons. The smallest absolute Gasteiger partial charge is 0.419 e. The van der Waals surface area contributed by atoms with Crippen molar-refractivity contribution in [2.75, 3.05) is 13.7 Å². The summed E-state index contributed by atoms with van der Waals surface area (Å²) in [6.07, 6.45) is -3.94. The van der Waals surface area contributed by atoms with Crippen molar-refractivity contribution in [1.82, 2.24) is 0 Å².